The van der Waals surface area contributed by atoms with Crippen molar-refractivity contribution in [2.75, 3.05) is 6.61 Å². The monoisotopic (exact) mass is 500 g/mol. The van der Waals surface area contributed by atoms with Gasteiger partial charge in [-0.3, -0.25) is 0 Å². The average molecular weight is 501 g/mol. The van der Waals surface area contributed by atoms with Crippen LogP contribution in [0.15, 0.2) is 72.8 Å². The fourth-order valence-electron chi connectivity index (χ4n) is 4.52. The molecule has 0 spiro atoms. The summed E-state index contributed by atoms with van der Waals surface area (Å²) >= 11 is 0. The summed E-state index contributed by atoms with van der Waals surface area (Å²) < 4.78 is 11.6. The second-order valence-electron chi connectivity index (χ2n) is 9.97. The minimum Gasteiger partial charge on any atom is -0.423 e. The van der Waals surface area contributed by atoms with Gasteiger partial charge in [0.25, 0.3) is 0 Å². The van der Waals surface area contributed by atoms with E-state index in [1.807, 2.05) is 48.5 Å². The number of hydrogen-bond donors (Lipinski definition) is 0. The molecule has 3 rings (SSSR count). The molecule has 0 aromatic heterocycles. The summed E-state index contributed by atoms with van der Waals surface area (Å²) in [4.78, 5) is 12.7. The molecular formula is C34H44O3. The summed E-state index contributed by atoms with van der Waals surface area (Å²) in [5.74, 6) is 0.191. The summed E-state index contributed by atoms with van der Waals surface area (Å²) in [6.07, 6.45) is 12.6. The molecule has 1 atom stereocenters. The predicted molar refractivity (Wildman–Crippen MR) is 154 cm³/mol. The third kappa shape index (κ3) is 9.81. The van der Waals surface area contributed by atoms with Crippen LogP contribution >= 0.6 is 0 Å². The van der Waals surface area contributed by atoms with E-state index in [-0.39, 0.29) is 12.1 Å². The summed E-state index contributed by atoms with van der Waals surface area (Å²) in [5.41, 5.74) is 5.21. The van der Waals surface area contributed by atoms with E-state index in [4.69, 9.17) is 9.47 Å². The van der Waals surface area contributed by atoms with Gasteiger partial charge in [-0.1, -0.05) is 114 Å². The van der Waals surface area contributed by atoms with Crippen molar-refractivity contribution in [2.24, 2.45) is 0 Å². The van der Waals surface area contributed by atoms with Crippen molar-refractivity contribution in [3.63, 3.8) is 0 Å². The Morgan fingerprint density at radius 3 is 1.84 bits per heavy atom. The maximum atomic E-state index is 12.7. The molecule has 0 aliphatic carbocycles. The molecule has 0 fully saturated rings. The lowest BCUT2D eigenvalue weighted by molar-refractivity contribution is 0.0627. The molecule has 3 heteroatoms. The fourth-order valence-corrected chi connectivity index (χ4v) is 4.52. The predicted octanol–water partition coefficient (Wildman–Crippen LogP) is 9.74. The number of ether oxygens (including phenoxy) is 2. The average Bonchev–Trinajstić information content (AvgIpc) is 2.93. The van der Waals surface area contributed by atoms with Crippen molar-refractivity contribution in [1.29, 1.82) is 0 Å². The van der Waals surface area contributed by atoms with E-state index in [1.165, 1.54) is 50.5 Å². The van der Waals surface area contributed by atoms with E-state index in [1.54, 1.807) is 0 Å². The van der Waals surface area contributed by atoms with Crippen LogP contribution in [0, 0.1) is 0 Å². The first-order chi connectivity index (χ1) is 18.1. The van der Waals surface area contributed by atoms with Crippen LogP contribution in [0.3, 0.4) is 0 Å². The summed E-state index contributed by atoms with van der Waals surface area (Å²) in [6, 6.07) is 23.9. The van der Waals surface area contributed by atoms with E-state index in [2.05, 4.69) is 45.0 Å². The molecule has 3 aromatic rings. The van der Waals surface area contributed by atoms with Gasteiger partial charge in [-0.05, 0) is 66.3 Å². The Morgan fingerprint density at radius 1 is 0.676 bits per heavy atom. The number of esters is 1. The Labute approximate surface area is 224 Å². The van der Waals surface area contributed by atoms with Gasteiger partial charge < -0.3 is 9.47 Å². The van der Waals surface area contributed by atoms with Crippen LogP contribution in [0.4, 0.5) is 0 Å². The smallest absolute Gasteiger partial charge is 0.343 e. The second-order valence-corrected chi connectivity index (χ2v) is 9.97. The van der Waals surface area contributed by atoms with E-state index in [0.717, 1.165) is 42.6 Å². The zero-order valence-corrected chi connectivity index (χ0v) is 23.0. The number of carbonyl (C=O) groups is 1. The van der Waals surface area contributed by atoms with Crippen molar-refractivity contribution in [3.05, 3.63) is 89.5 Å². The molecule has 0 bridgehead atoms. The molecule has 198 valence electrons. The number of unbranched alkanes of at least 4 members (excludes halogenated alkanes) is 7. The van der Waals surface area contributed by atoms with E-state index >= 15 is 0 Å². The third-order valence-electron chi connectivity index (χ3n) is 6.87. The van der Waals surface area contributed by atoms with E-state index in [0.29, 0.717) is 11.3 Å². The molecule has 0 amide bonds. The van der Waals surface area contributed by atoms with E-state index < -0.39 is 0 Å². The summed E-state index contributed by atoms with van der Waals surface area (Å²) in [5, 5.41) is 0. The quantitative estimate of drug-likeness (QED) is 0.111. The number of hydrogen-bond acceptors (Lipinski definition) is 3. The van der Waals surface area contributed by atoms with Gasteiger partial charge in [-0.25, -0.2) is 4.79 Å². The minimum atomic E-state index is -0.350. The van der Waals surface area contributed by atoms with Gasteiger partial charge in [0.05, 0.1) is 11.7 Å². The molecule has 0 heterocycles. The lowest BCUT2D eigenvalue weighted by Gasteiger charge is -2.14. The van der Waals surface area contributed by atoms with Crippen LogP contribution in [-0.4, -0.2) is 12.6 Å². The lowest BCUT2D eigenvalue weighted by Crippen LogP contribution is -2.08. The van der Waals surface area contributed by atoms with Crippen LogP contribution in [-0.2, 0) is 11.2 Å². The normalized spacial score (nSPS) is 11.9. The number of carbonyl (C=O) groups excluding carboxylic acids is 1. The zero-order valence-electron chi connectivity index (χ0n) is 23.0. The Morgan fingerprint density at radius 2 is 1.24 bits per heavy atom. The van der Waals surface area contributed by atoms with Crippen LogP contribution in [0.1, 0.15) is 106 Å². The van der Waals surface area contributed by atoms with Gasteiger partial charge in [0.1, 0.15) is 5.75 Å². The zero-order chi connectivity index (χ0) is 26.3. The Kier molecular flexibility index (Phi) is 12.4. The molecular weight excluding hydrogens is 456 g/mol. The Hall–Kier alpha value is -2.91. The molecule has 0 aliphatic rings. The SMILES string of the molecule is CCCCCCCCCCOC(C)c1ccc(OC(=O)c2ccc(-c3ccc(CCC)cc3)cc2)cc1. The van der Waals surface area contributed by atoms with Crippen LogP contribution in [0.25, 0.3) is 11.1 Å². The highest BCUT2D eigenvalue weighted by Gasteiger charge is 2.11. The standard InChI is InChI=1S/C34H44O3/c1-4-6-7-8-9-10-11-12-26-36-27(3)29-22-24-33(25-23-29)37-34(35)32-20-18-31(19-21-32)30-16-14-28(13-5-2)15-17-30/h14-25,27H,4-13,26H2,1-3H3. The molecule has 1 unspecified atom stereocenters. The van der Waals surface area contributed by atoms with Gasteiger partial charge in [-0.2, -0.15) is 0 Å². The number of rotatable bonds is 16. The van der Waals surface area contributed by atoms with Gasteiger partial charge >= 0.3 is 5.97 Å². The fraction of sp³-hybridized carbons (Fsp3) is 0.441. The second kappa shape index (κ2) is 16.0. The van der Waals surface area contributed by atoms with Crippen molar-refractivity contribution in [2.45, 2.75) is 91.1 Å². The molecule has 0 saturated carbocycles. The number of aryl methyl sites for hydroxylation is 1. The van der Waals surface area contributed by atoms with Crippen LogP contribution in [0.2, 0.25) is 0 Å². The molecule has 37 heavy (non-hydrogen) atoms. The highest BCUT2D eigenvalue weighted by molar-refractivity contribution is 5.91. The highest BCUT2D eigenvalue weighted by Crippen LogP contribution is 2.24. The van der Waals surface area contributed by atoms with Crippen molar-refractivity contribution >= 4 is 5.97 Å². The number of benzene rings is 3. The maximum absolute atomic E-state index is 12.7. The van der Waals surface area contributed by atoms with Crippen molar-refractivity contribution in [3.8, 4) is 16.9 Å². The van der Waals surface area contributed by atoms with Crippen LogP contribution < -0.4 is 4.74 Å². The molecule has 3 nitrogen and oxygen atoms in total. The van der Waals surface area contributed by atoms with E-state index in [9.17, 15) is 4.79 Å². The first kappa shape index (κ1) is 28.7. The lowest BCUT2D eigenvalue weighted by atomic mass is 10.0. The van der Waals surface area contributed by atoms with Gasteiger partial charge in [-0.15, -0.1) is 0 Å². The minimum absolute atomic E-state index is 0.0258. The molecule has 0 radical (unpaired) electrons. The summed E-state index contributed by atoms with van der Waals surface area (Å²) in [7, 11) is 0. The molecule has 0 N–H and O–H groups in total. The molecule has 3 aromatic carbocycles. The van der Waals surface area contributed by atoms with Crippen molar-refractivity contribution < 1.29 is 14.3 Å². The topological polar surface area (TPSA) is 35.5 Å². The van der Waals surface area contributed by atoms with Gasteiger partial charge in [0, 0.05) is 6.61 Å². The first-order valence-electron chi connectivity index (χ1n) is 14.2. The third-order valence-corrected chi connectivity index (χ3v) is 6.87. The highest BCUT2D eigenvalue weighted by atomic mass is 16.5. The molecule has 0 saturated heterocycles. The maximum Gasteiger partial charge on any atom is 0.343 e. The van der Waals surface area contributed by atoms with Crippen LogP contribution in [0.5, 0.6) is 5.75 Å². The first-order valence-corrected chi connectivity index (χ1v) is 14.2. The van der Waals surface area contributed by atoms with Gasteiger partial charge in [0.15, 0.2) is 0 Å². The molecule has 0 aliphatic heterocycles. The van der Waals surface area contributed by atoms with Gasteiger partial charge in [0.2, 0.25) is 0 Å². The summed E-state index contributed by atoms with van der Waals surface area (Å²) in [6.45, 7) is 7.30. The Balaban J connectivity index is 1.41. The largest absolute Gasteiger partial charge is 0.423 e. The van der Waals surface area contributed by atoms with Crippen molar-refractivity contribution in [1.82, 2.24) is 0 Å². The Bertz CT molecular complexity index is 1040.